The topological polar surface area (TPSA) is 12.9 Å². The summed E-state index contributed by atoms with van der Waals surface area (Å²) >= 11 is 0. The first-order chi connectivity index (χ1) is 9.95. The molecule has 2 heteroatoms. The van der Waals surface area contributed by atoms with Crippen LogP contribution in [-0.2, 0) is 5.41 Å². The van der Waals surface area contributed by atoms with Crippen molar-refractivity contribution in [3.63, 3.8) is 0 Å². The fourth-order valence-electron chi connectivity index (χ4n) is 2.64. The van der Waals surface area contributed by atoms with Crippen molar-refractivity contribution >= 4 is 23.3 Å². The summed E-state index contributed by atoms with van der Waals surface area (Å²) in [4.78, 5) is 4.80. The van der Waals surface area contributed by atoms with Gasteiger partial charge >= 0.3 is 0 Å². The smallest absolute Gasteiger partial charge is 0.0712 e. The summed E-state index contributed by atoms with van der Waals surface area (Å²) in [5.74, 6) is 0. The van der Waals surface area contributed by atoms with E-state index < -0.39 is 0 Å². The number of nitrogens with zero attached hydrogens (tertiary/aromatic N) is 1. The minimum absolute atomic E-state index is 0. The molecular formula is C20H22ClN. The molecule has 1 heterocycles. The van der Waals surface area contributed by atoms with Crippen molar-refractivity contribution in [2.45, 2.75) is 33.1 Å². The van der Waals surface area contributed by atoms with Crippen LogP contribution in [0, 0.1) is 6.92 Å². The minimum atomic E-state index is 0. The van der Waals surface area contributed by atoms with Crippen LogP contribution in [0.2, 0.25) is 0 Å². The number of hydrogen-bond acceptors (Lipinski definition) is 1. The zero-order chi connectivity index (χ0) is 15.0. The first-order valence-electron chi connectivity index (χ1n) is 7.42. The Morgan fingerprint density at radius 2 is 1.50 bits per heavy atom. The molecule has 3 rings (SSSR count). The molecule has 1 aromatic heterocycles. The van der Waals surface area contributed by atoms with Crippen LogP contribution in [0.25, 0.3) is 22.2 Å². The highest BCUT2D eigenvalue weighted by atomic mass is 35.5. The number of halogens is 1. The molecule has 0 aliphatic heterocycles. The Balaban J connectivity index is 0.00000176. The molecule has 0 saturated carbocycles. The molecule has 2 aromatic carbocycles. The van der Waals surface area contributed by atoms with E-state index in [4.69, 9.17) is 4.98 Å². The molecule has 0 aliphatic carbocycles. The number of benzene rings is 2. The summed E-state index contributed by atoms with van der Waals surface area (Å²) in [5, 5.41) is 1.23. The average Bonchev–Trinajstić information content (AvgIpc) is 2.46. The predicted octanol–water partition coefficient (Wildman–Crippen LogP) is 5.93. The maximum absolute atomic E-state index is 4.80. The van der Waals surface area contributed by atoms with E-state index in [1.54, 1.807) is 0 Å². The normalized spacial score (nSPS) is 11.3. The molecule has 0 spiro atoms. The second-order valence-corrected chi connectivity index (χ2v) is 6.67. The van der Waals surface area contributed by atoms with Crippen LogP contribution in [0.3, 0.4) is 0 Å². The van der Waals surface area contributed by atoms with E-state index in [2.05, 4.69) is 76.2 Å². The Bertz CT molecular complexity index is 783. The van der Waals surface area contributed by atoms with Crippen LogP contribution in [0.4, 0.5) is 0 Å². The van der Waals surface area contributed by atoms with Gasteiger partial charge in [-0.15, -0.1) is 12.4 Å². The second-order valence-electron chi connectivity index (χ2n) is 6.67. The molecular weight excluding hydrogens is 290 g/mol. The van der Waals surface area contributed by atoms with Gasteiger partial charge < -0.3 is 0 Å². The molecule has 0 radical (unpaired) electrons. The van der Waals surface area contributed by atoms with E-state index in [1.807, 2.05) is 6.07 Å². The number of para-hydroxylation sites is 1. The van der Waals surface area contributed by atoms with Gasteiger partial charge in [0.05, 0.1) is 11.2 Å². The lowest BCUT2D eigenvalue weighted by Gasteiger charge is -2.19. The van der Waals surface area contributed by atoms with Crippen LogP contribution in [0.15, 0.2) is 54.6 Å². The highest BCUT2D eigenvalue weighted by Gasteiger charge is 2.13. The molecule has 0 atom stereocenters. The molecule has 0 saturated heterocycles. The Labute approximate surface area is 138 Å². The molecule has 1 nitrogen and oxygen atoms in total. The maximum Gasteiger partial charge on any atom is 0.0712 e. The molecule has 0 fully saturated rings. The monoisotopic (exact) mass is 311 g/mol. The van der Waals surface area contributed by atoms with Gasteiger partial charge in [-0.1, -0.05) is 63.2 Å². The highest BCUT2D eigenvalue weighted by molar-refractivity contribution is 5.85. The van der Waals surface area contributed by atoms with Crippen molar-refractivity contribution in [1.29, 1.82) is 0 Å². The van der Waals surface area contributed by atoms with E-state index in [9.17, 15) is 0 Å². The van der Waals surface area contributed by atoms with E-state index >= 15 is 0 Å². The van der Waals surface area contributed by atoms with Crippen LogP contribution in [-0.4, -0.2) is 4.98 Å². The van der Waals surface area contributed by atoms with Gasteiger partial charge in [-0.2, -0.15) is 0 Å². The summed E-state index contributed by atoms with van der Waals surface area (Å²) in [6.07, 6.45) is 0. The van der Waals surface area contributed by atoms with Gasteiger partial charge in [-0.25, -0.2) is 4.98 Å². The van der Waals surface area contributed by atoms with Gasteiger partial charge in [0.2, 0.25) is 0 Å². The Kier molecular flexibility index (Phi) is 4.58. The van der Waals surface area contributed by atoms with E-state index in [-0.39, 0.29) is 17.8 Å². The fourth-order valence-corrected chi connectivity index (χ4v) is 2.64. The molecule has 114 valence electrons. The lowest BCUT2D eigenvalue weighted by Crippen LogP contribution is -2.10. The number of hydrogen-bond donors (Lipinski definition) is 0. The van der Waals surface area contributed by atoms with Crippen molar-refractivity contribution < 1.29 is 0 Å². The number of aryl methyl sites for hydroxylation is 1. The number of rotatable bonds is 1. The zero-order valence-corrected chi connectivity index (χ0v) is 14.4. The third-order valence-electron chi connectivity index (χ3n) is 3.97. The van der Waals surface area contributed by atoms with Gasteiger partial charge in [0, 0.05) is 10.9 Å². The third-order valence-corrected chi connectivity index (χ3v) is 3.97. The SMILES string of the molecule is Cc1cc(-c2ccc(C(C)(C)C)cc2)nc2ccccc12.Cl. The van der Waals surface area contributed by atoms with Crippen LogP contribution in [0.5, 0.6) is 0 Å². The summed E-state index contributed by atoms with van der Waals surface area (Å²) in [5.41, 5.74) is 6.10. The Hall–Kier alpha value is -1.86. The predicted molar refractivity (Wildman–Crippen MR) is 97.9 cm³/mol. The highest BCUT2D eigenvalue weighted by Crippen LogP contribution is 2.27. The van der Waals surface area contributed by atoms with E-state index in [1.165, 1.54) is 22.1 Å². The first kappa shape index (κ1) is 16.5. The van der Waals surface area contributed by atoms with Crippen molar-refractivity contribution in [1.82, 2.24) is 4.98 Å². The van der Waals surface area contributed by atoms with Crippen LogP contribution < -0.4 is 0 Å². The zero-order valence-electron chi connectivity index (χ0n) is 13.6. The Morgan fingerprint density at radius 3 is 2.14 bits per heavy atom. The molecule has 0 N–H and O–H groups in total. The van der Waals surface area contributed by atoms with Crippen LogP contribution in [0.1, 0.15) is 31.9 Å². The standard InChI is InChI=1S/C20H21N.ClH/c1-14-13-19(21-18-8-6-5-7-17(14)18)15-9-11-16(12-10-15)20(2,3)4;/h5-13H,1-4H3;1H. The summed E-state index contributed by atoms with van der Waals surface area (Å²) in [6, 6.07) is 19.3. The average molecular weight is 312 g/mol. The lowest BCUT2D eigenvalue weighted by molar-refractivity contribution is 0.590. The molecule has 0 aliphatic rings. The molecule has 0 amide bonds. The van der Waals surface area contributed by atoms with E-state index in [0.717, 1.165) is 11.2 Å². The molecule has 22 heavy (non-hydrogen) atoms. The van der Waals surface area contributed by atoms with Crippen molar-refractivity contribution in [2.24, 2.45) is 0 Å². The quantitative estimate of drug-likeness (QED) is 0.543. The van der Waals surface area contributed by atoms with Gasteiger partial charge in [-0.3, -0.25) is 0 Å². The van der Waals surface area contributed by atoms with E-state index in [0.29, 0.717) is 0 Å². The fraction of sp³-hybridized carbons (Fsp3) is 0.250. The second kappa shape index (κ2) is 6.10. The number of fused-ring (bicyclic) bond motifs is 1. The number of pyridine rings is 1. The van der Waals surface area contributed by atoms with Crippen molar-refractivity contribution in [3.8, 4) is 11.3 Å². The van der Waals surface area contributed by atoms with Gasteiger partial charge in [-0.05, 0) is 35.6 Å². The first-order valence-corrected chi connectivity index (χ1v) is 7.42. The maximum atomic E-state index is 4.80. The van der Waals surface area contributed by atoms with Gasteiger partial charge in [0.15, 0.2) is 0 Å². The molecule has 3 aromatic rings. The minimum Gasteiger partial charge on any atom is -0.248 e. The largest absolute Gasteiger partial charge is 0.248 e. The van der Waals surface area contributed by atoms with Gasteiger partial charge in [0.1, 0.15) is 0 Å². The number of aromatic nitrogens is 1. The summed E-state index contributed by atoms with van der Waals surface area (Å²) in [7, 11) is 0. The van der Waals surface area contributed by atoms with Crippen LogP contribution >= 0.6 is 12.4 Å². The molecule has 0 unspecified atom stereocenters. The Morgan fingerprint density at radius 1 is 0.864 bits per heavy atom. The van der Waals surface area contributed by atoms with Gasteiger partial charge in [0.25, 0.3) is 0 Å². The van der Waals surface area contributed by atoms with Crippen molar-refractivity contribution in [2.75, 3.05) is 0 Å². The summed E-state index contributed by atoms with van der Waals surface area (Å²) < 4.78 is 0. The molecule has 0 bridgehead atoms. The van der Waals surface area contributed by atoms with Crippen molar-refractivity contribution in [3.05, 3.63) is 65.7 Å². The third kappa shape index (κ3) is 3.15. The lowest BCUT2D eigenvalue weighted by atomic mass is 9.86. The summed E-state index contributed by atoms with van der Waals surface area (Å²) in [6.45, 7) is 8.86.